The van der Waals surface area contributed by atoms with Crippen LogP contribution in [0.1, 0.15) is 13.8 Å². The summed E-state index contributed by atoms with van der Waals surface area (Å²) in [6.45, 7) is 6.43. The maximum atomic E-state index is 13.2. The average molecular weight is 462 g/mol. The molecule has 0 aromatic heterocycles. The van der Waals surface area contributed by atoms with Crippen molar-refractivity contribution in [3.05, 3.63) is 48.5 Å². The molecule has 1 saturated heterocycles. The van der Waals surface area contributed by atoms with Gasteiger partial charge >= 0.3 is 0 Å². The van der Waals surface area contributed by atoms with Crippen molar-refractivity contribution in [3.8, 4) is 11.5 Å². The standard InChI is InChI=1S/C23H31N3O5S/c1-5-31-22-12-8-20(9-13-22)26(32(4,28)29)18(2)23(27)25-16-14-24(15-17-25)19-6-10-21(30-3)11-7-19/h6-13,18H,5,14-17H2,1-4H3. The van der Waals surface area contributed by atoms with Crippen LogP contribution in [-0.2, 0) is 14.8 Å². The molecule has 3 rings (SSSR count). The lowest BCUT2D eigenvalue weighted by Crippen LogP contribution is -2.55. The molecule has 2 aromatic carbocycles. The molecule has 0 saturated carbocycles. The summed E-state index contributed by atoms with van der Waals surface area (Å²) >= 11 is 0. The molecule has 0 aliphatic carbocycles. The van der Waals surface area contributed by atoms with Gasteiger partial charge in [-0.15, -0.1) is 0 Å². The Kier molecular flexibility index (Phi) is 7.50. The highest BCUT2D eigenvalue weighted by molar-refractivity contribution is 7.92. The van der Waals surface area contributed by atoms with Crippen molar-refractivity contribution in [1.82, 2.24) is 4.90 Å². The SMILES string of the molecule is CCOc1ccc(N(C(C)C(=O)N2CCN(c3ccc(OC)cc3)CC2)S(C)(=O)=O)cc1. The Morgan fingerprint density at radius 3 is 2.06 bits per heavy atom. The minimum atomic E-state index is -3.66. The molecule has 9 heteroatoms. The zero-order chi connectivity index (χ0) is 23.3. The fraction of sp³-hybridized carbons (Fsp3) is 0.435. The van der Waals surface area contributed by atoms with E-state index in [9.17, 15) is 13.2 Å². The largest absolute Gasteiger partial charge is 0.497 e. The number of nitrogens with zero attached hydrogens (tertiary/aromatic N) is 3. The Balaban J connectivity index is 1.69. The minimum Gasteiger partial charge on any atom is -0.497 e. The molecular formula is C23H31N3O5S. The fourth-order valence-corrected chi connectivity index (χ4v) is 5.07. The molecule has 32 heavy (non-hydrogen) atoms. The summed E-state index contributed by atoms with van der Waals surface area (Å²) in [5, 5.41) is 0. The number of carbonyl (C=O) groups excluding carboxylic acids is 1. The van der Waals surface area contributed by atoms with E-state index < -0.39 is 16.1 Å². The van der Waals surface area contributed by atoms with Crippen LogP contribution in [0.4, 0.5) is 11.4 Å². The van der Waals surface area contributed by atoms with Gasteiger partial charge in [0.25, 0.3) is 0 Å². The molecule has 0 spiro atoms. The average Bonchev–Trinajstić information content (AvgIpc) is 2.79. The fourth-order valence-electron chi connectivity index (χ4n) is 3.90. The Morgan fingerprint density at radius 1 is 1.00 bits per heavy atom. The minimum absolute atomic E-state index is 0.210. The number of hydrogen-bond acceptors (Lipinski definition) is 6. The van der Waals surface area contributed by atoms with Gasteiger partial charge < -0.3 is 19.3 Å². The highest BCUT2D eigenvalue weighted by atomic mass is 32.2. The highest BCUT2D eigenvalue weighted by Crippen LogP contribution is 2.26. The predicted molar refractivity (Wildman–Crippen MR) is 126 cm³/mol. The van der Waals surface area contributed by atoms with Gasteiger partial charge in [0, 0.05) is 31.9 Å². The molecule has 0 N–H and O–H groups in total. The highest BCUT2D eigenvalue weighted by Gasteiger charge is 2.33. The molecule has 1 atom stereocenters. The first kappa shape index (κ1) is 23.7. The van der Waals surface area contributed by atoms with Gasteiger partial charge in [-0.25, -0.2) is 8.42 Å². The molecule has 1 heterocycles. The third-order valence-corrected chi connectivity index (χ3v) is 6.74. The first-order valence-corrected chi connectivity index (χ1v) is 12.5. The summed E-state index contributed by atoms with van der Waals surface area (Å²) in [6, 6.07) is 13.7. The number of rotatable bonds is 8. The molecule has 2 aromatic rings. The molecular weight excluding hydrogens is 430 g/mol. The maximum absolute atomic E-state index is 13.2. The number of amides is 1. The van der Waals surface area contributed by atoms with Gasteiger partial charge in [0.2, 0.25) is 15.9 Å². The smallest absolute Gasteiger partial charge is 0.246 e. The van der Waals surface area contributed by atoms with Crippen LogP contribution in [0.25, 0.3) is 0 Å². The molecule has 1 unspecified atom stereocenters. The first-order chi connectivity index (χ1) is 15.2. The van der Waals surface area contributed by atoms with Gasteiger partial charge in [-0.2, -0.15) is 0 Å². The second-order valence-corrected chi connectivity index (χ2v) is 9.53. The lowest BCUT2D eigenvalue weighted by atomic mass is 10.2. The van der Waals surface area contributed by atoms with Crippen LogP contribution in [-0.4, -0.2) is 71.4 Å². The number of ether oxygens (including phenoxy) is 2. The van der Waals surface area contributed by atoms with Crippen molar-refractivity contribution in [2.45, 2.75) is 19.9 Å². The van der Waals surface area contributed by atoms with Gasteiger partial charge in [-0.3, -0.25) is 9.10 Å². The third kappa shape index (κ3) is 5.45. The van der Waals surface area contributed by atoms with E-state index in [0.29, 0.717) is 44.2 Å². The molecule has 1 amide bonds. The summed E-state index contributed by atoms with van der Waals surface area (Å²) in [5.74, 6) is 1.24. The molecule has 1 fully saturated rings. The monoisotopic (exact) mass is 461 g/mol. The van der Waals surface area contributed by atoms with Gasteiger partial charge in [-0.05, 0) is 62.4 Å². The van der Waals surface area contributed by atoms with Crippen LogP contribution >= 0.6 is 0 Å². The predicted octanol–water partition coefficient (Wildman–Crippen LogP) is 2.60. The quantitative estimate of drug-likeness (QED) is 0.601. The second kappa shape index (κ2) is 10.1. The van der Waals surface area contributed by atoms with Crippen LogP contribution < -0.4 is 18.7 Å². The third-order valence-electron chi connectivity index (χ3n) is 5.50. The summed E-state index contributed by atoms with van der Waals surface area (Å²) < 4.78 is 37.0. The molecule has 8 nitrogen and oxygen atoms in total. The van der Waals surface area contributed by atoms with Crippen molar-refractivity contribution >= 4 is 27.3 Å². The van der Waals surface area contributed by atoms with E-state index in [1.807, 2.05) is 31.2 Å². The van der Waals surface area contributed by atoms with Crippen LogP contribution in [0.2, 0.25) is 0 Å². The Labute approximate surface area is 190 Å². The van der Waals surface area contributed by atoms with Crippen LogP contribution in [0.15, 0.2) is 48.5 Å². The number of benzene rings is 2. The number of piperazine rings is 1. The van der Waals surface area contributed by atoms with Crippen molar-refractivity contribution in [1.29, 1.82) is 0 Å². The number of sulfonamides is 1. The van der Waals surface area contributed by atoms with Gasteiger partial charge in [-0.1, -0.05) is 0 Å². The summed E-state index contributed by atoms with van der Waals surface area (Å²) in [6.07, 6.45) is 1.12. The lowest BCUT2D eigenvalue weighted by Gasteiger charge is -2.39. The van der Waals surface area contributed by atoms with Gasteiger partial charge in [0.05, 0.1) is 25.7 Å². The summed E-state index contributed by atoms with van der Waals surface area (Å²) in [7, 11) is -2.03. The zero-order valence-corrected chi connectivity index (χ0v) is 19.8. The molecule has 174 valence electrons. The van der Waals surface area contributed by atoms with E-state index in [2.05, 4.69) is 4.90 Å². The van der Waals surface area contributed by atoms with E-state index in [0.717, 1.165) is 17.7 Å². The van der Waals surface area contributed by atoms with Crippen molar-refractivity contribution in [3.63, 3.8) is 0 Å². The van der Waals surface area contributed by atoms with E-state index in [1.165, 1.54) is 4.31 Å². The van der Waals surface area contributed by atoms with E-state index in [1.54, 1.807) is 43.2 Å². The zero-order valence-electron chi connectivity index (χ0n) is 19.0. The topological polar surface area (TPSA) is 79.4 Å². The lowest BCUT2D eigenvalue weighted by molar-refractivity contribution is -0.132. The Hall–Kier alpha value is -2.94. The van der Waals surface area contributed by atoms with Crippen LogP contribution in [0.5, 0.6) is 11.5 Å². The van der Waals surface area contributed by atoms with E-state index in [4.69, 9.17) is 9.47 Å². The van der Waals surface area contributed by atoms with Crippen molar-refractivity contribution in [2.75, 3.05) is 55.4 Å². The molecule has 1 aliphatic rings. The van der Waals surface area contributed by atoms with E-state index in [-0.39, 0.29) is 5.91 Å². The van der Waals surface area contributed by atoms with E-state index >= 15 is 0 Å². The summed E-state index contributed by atoms with van der Waals surface area (Å²) in [5.41, 5.74) is 1.51. The van der Waals surface area contributed by atoms with Gasteiger partial charge in [0.1, 0.15) is 17.5 Å². The number of methoxy groups -OCH3 is 1. The molecule has 0 radical (unpaired) electrons. The van der Waals surface area contributed by atoms with Gasteiger partial charge in [0.15, 0.2) is 0 Å². The number of hydrogen-bond donors (Lipinski definition) is 0. The molecule has 0 bridgehead atoms. The van der Waals surface area contributed by atoms with Crippen LogP contribution in [0, 0.1) is 0 Å². The Morgan fingerprint density at radius 2 is 1.56 bits per heavy atom. The maximum Gasteiger partial charge on any atom is 0.246 e. The molecule has 1 aliphatic heterocycles. The number of carbonyl (C=O) groups is 1. The second-order valence-electron chi connectivity index (χ2n) is 7.67. The number of anilines is 2. The van der Waals surface area contributed by atoms with Crippen molar-refractivity contribution in [2.24, 2.45) is 0 Å². The van der Waals surface area contributed by atoms with Crippen molar-refractivity contribution < 1.29 is 22.7 Å². The normalized spacial score (nSPS) is 15.2. The first-order valence-electron chi connectivity index (χ1n) is 10.6. The van der Waals surface area contributed by atoms with Crippen LogP contribution in [0.3, 0.4) is 0 Å². The Bertz CT molecular complexity index is 1000. The summed E-state index contributed by atoms with van der Waals surface area (Å²) in [4.78, 5) is 17.2.